The maximum Gasteiger partial charge on any atom is 0.238 e. The van der Waals surface area contributed by atoms with Crippen molar-refractivity contribution < 1.29 is 4.42 Å². The van der Waals surface area contributed by atoms with Gasteiger partial charge >= 0.3 is 0 Å². The van der Waals surface area contributed by atoms with Gasteiger partial charge in [0.2, 0.25) is 5.95 Å². The number of nitrogens with zero attached hydrogens (tertiary/aromatic N) is 4. The normalized spacial score (nSPS) is 12.1. The highest BCUT2D eigenvalue weighted by atomic mass is 16.3. The molecule has 0 N–H and O–H groups in total. The van der Waals surface area contributed by atoms with Gasteiger partial charge in [0.15, 0.2) is 11.6 Å². The van der Waals surface area contributed by atoms with E-state index in [0.717, 1.165) is 71.6 Å². The average Bonchev–Trinajstić information content (AvgIpc) is 3.74. The standard InChI is InChI=1S/C46H32N4O/c1-3-5-15-30(4-2)44-47-45(37-21-14-23-41-43(37)36-26-24-34(29-42(36)51-41)32-18-10-7-11-19-32)49-46(48-44)50-39-22-13-12-20-35(39)38-28-33(25-27-40(38)50)31-16-8-6-9-17-31/h3-29H,1H2,2H3/b15-5-,30-4+. The van der Waals surface area contributed by atoms with E-state index >= 15 is 0 Å². The first-order chi connectivity index (χ1) is 25.2. The lowest BCUT2D eigenvalue weighted by atomic mass is 10.0. The first-order valence-electron chi connectivity index (χ1n) is 17.0. The molecular weight excluding hydrogens is 625 g/mol. The van der Waals surface area contributed by atoms with E-state index in [-0.39, 0.29) is 0 Å². The molecule has 0 spiro atoms. The van der Waals surface area contributed by atoms with Crippen LogP contribution in [0.5, 0.6) is 0 Å². The average molecular weight is 657 g/mol. The highest BCUT2D eigenvalue weighted by molar-refractivity contribution is 6.13. The number of aromatic nitrogens is 4. The fraction of sp³-hybridized carbons (Fsp3) is 0.0217. The Hall–Kier alpha value is -6.85. The second kappa shape index (κ2) is 12.6. The summed E-state index contributed by atoms with van der Waals surface area (Å²) in [4.78, 5) is 15.5. The Bertz CT molecular complexity index is 2820. The zero-order chi connectivity index (χ0) is 34.3. The van der Waals surface area contributed by atoms with Gasteiger partial charge in [-0.1, -0.05) is 134 Å². The molecule has 0 saturated heterocycles. The van der Waals surface area contributed by atoms with E-state index in [1.807, 2.05) is 49.4 Å². The molecule has 0 aliphatic rings. The van der Waals surface area contributed by atoms with E-state index in [0.29, 0.717) is 17.6 Å². The maximum absolute atomic E-state index is 6.48. The molecule has 9 rings (SSSR count). The molecule has 3 aromatic heterocycles. The van der Waals surface area contributed by atoms with E-state index < -0.39 is 0 Å². The summed E-state index contributed by atoms with van der Waals surface area (Å²) in [7, 11) is 0. The van der Waals surface area contributed by atoms with Crippen LogP contribution in [0.2, 0.25) is 0 Å². The van der Waals surface area contributed by atoms with Crippen LogP contribution in [0.15, 0.2) is 175 Å². The van der Waals surface area contributed by atoms with Crippen molar-refractivity contribution in [2.75, 3.05) is 0 Å². The first kappa shape index (κ1) is 30.2. The van der Waals surface area contributed by atoms with Gasteiger partial charge < -0.3 is 4.42 Å². The predicted molar refractivity (Wildman–Crippen MR) is 211 cm³/mol. The molecule has 0 aliphatic heterocycles. The third kappa shape index (κ3) is 5.23. The van der Waals surface area contributed by atoms with Gasteiger partial charge in [-0.25, -0.2) is 4.98 Å². The highest BCUT2D eigenvalue weighted by Gasteiger charge is 2.21. The van der Waals surface area contributed by atoms with E-state index in [1.165, 1.54) is 5.56 Å². The van der Waals surface area contributed by atoms with Gasteiger partial charge in [0.25, 0.3) is 0 Å². The van der Waals surface area contributed by atoms with Crippen molar-refractivity contribution in [1.82, 2.24) is 19.5 Å². The van der Waals surface area contributed by atoms with Crippen LogP contribution in [0, 0.1) is 0 Å². The molecule has 0 saturated carbocycles. The summed E-state index contributed by atoms with van der Waals surface area (Å²) in [6, 6.07) is 48.3. The molecule has 0 aliphatic carbocycles. The summed E-state index contributed by atoms with van der Waals surface area (Å²) in [5, 5.41) is 4.23. The molecule has 0 radical (unpaired) electrons. The van der Waals surface area contributed by atoms with Crippen molar-refractivity contribution >= 4 is 49.3 Å². The fourth-order valence-electron chi connectivity index (χ4n) is 7.01. The van der Waals surface area contributed by atoms with E-state index in [4.69, 9.17) is 19.4 Å². The molecule has 3 heterocycles. The van der Waals surface area contributed by atoms with Crippen LogP contribution in [-0.2, 0) is 0 Å². The summed E-state index contributed by atoms with van der Waals surface area (Å²) in [6.45, 7) is 5.87. The number of benzene rings is 6. The highest BCUT2D eigenvalue weighted by Crippen LogP contribution is 2.39. The lowest BCUT2D eigenvalue weighted by Crippen LogP contribution is -2.08. The van der Waals surface area contributed by atoms with Crippen molar-refractivity contribution in [2.45, 2.75) is 6.92 Å². The number of furan rings is 1. The summed E-state index contributed by atoms with van der Waals surface area (Å²) in [5.74, 6) is 1.67. The van der Waals surface area contributed by atoms with Gasteiger partial charge in [-0.15, -0.1) is 0 Å². The second-order valence-corrected chi connectivity index (χ2v) is 12.4. The molecule has 242 valence electrons. The summed E-state index contributed by atoms with van der Waals surface area (Å²) < 4.78 is 8.64. The topological polar surface area (TPSA) is 56.7 Å². The molecule has 0 atom stereocenters. The van der Waals surface area contributed by atoms with E-state index in [2.05, 4.69) is 126 Å². The number of allylic oxidation sites excluding steroid dienone is 5. The maximum atomic E-state index is 6.48. The van der Waals surface area contributed by atoms with Gasteiger partial charge in [-0.05, 0) is 65.6 Å². The lowest BCUT2D eigenvalue weighted by molar-refractivity contribution is 0.669. The number of hydrogen-bond acceptors (Lipinski definition) is 4. The molecule has 0 fully saturated rings. The largest absolute Gasteiger partial charge is 0.456 e. The van der Waals surface area contributed by atoms with Gasteiger partial charge in [-0.2, -0.15) is 9.97 Å². The molecule has 0 bridgehead atoms. The molecule has 6 aromatic carbocycles. The smallest absolute Gasteiger partial charge is 0.238 e. The SMILES string of the molecule is C=C/C=C\C(=C/C)c1nc(-c2cccc3oc4cc(-c5ccccc5)ccc4c23)nc(-n2c3ccccc3c3cc(-c4ccccc4)ccc32)n1. The van der Waals surface area contributed by atoms with Crippen LogP contribution in [0.3, 0.4) is 0 Å². The quantitative estimate of drug-likeness (QED) is 0.160. The number of fused-ring (bicyclic) bond motifs is 6. The summed E-state index contributed by atoms with van der Waals surface area (Å²) in [5.41, 5.74) is 9.93. The predicted octanol–water partition coefficient (Wildman–Crippen LogP) is 12.0. The Labute approximate surface area is 295 Å². The minimum absolute atomic E-state index is 0.538. The van der Waals surface area contributed by atoms with Gasteiger partial charge in [0, 0.05) is 32.7 Å². The molecule has 5 nitrogen and oxygen atoms in total. The Morgan fingerprint density at radius 1 is 0.608 bits per heavy atom. The minimum Gasteiger partial charge on any atom is -0.456 e. The number of rotatable bonds is 7. The molecular formula is C46H32N4O. The fourth-order valence-corrected chi connectivity index (χ4v) is 7.01. The number of para-hydroxylation sites is 1. The molecule has 0 amide bonds. The second-order valence-electron chi connectivity index (χ2n) is 12.4. The number of hydrogen-bond donors (Lipinski definition) is 0. The molecule has 9 aromatic rings. The molecule has 5 heteroatoms. The van der Waals surface area contributed by atoms with Crippen molar-refractivity contribution in [3.63, 3.8) is 0 Å². The van der Waals surface area contributed by atoms with Crippen LogP contribution in [0.4, 0.5) is 0 Å². The van der Waals surface area contributed by atoms with Crippen molar-refractivity contribution in [1.29, 1.82) is 0 Å². The Balaban J connectivity index is 1.29. The monoisotopic (exact) mass is 656 g/mol. The third-order valence-electron chi connectivity index (χ3n) is 9.43. The Morgan fingerprint density at radius 3 is 2.08 bits per heavy atom. The zero-order valence-corrected chi connectivity index (χ0v) is 28.0. The van der Waals surface area contributed by atoms with Crippen molar-refractivity contribution in [2.24, 2.45) is 0 Å². The van der Waals surface area contributed by atoms with Crippen LogP contribution < -0.4 is 0 Å². The lowest BCUT2D eigenvalue weighted by Gasteiger charge is -2.12. The van der Waals surface area contributed by atoms with E-state index in [9.17, 15) is 0 Å². The zero-order valence-electron chi connectivity index (χ0n) is 28.0. The minimum atomic E-state index is 0.538. The summed E-state index contributed by atoms with van der Waals surface area (Å²) in [6.07, 6.45) is 7.65. The van der Waals surface area contributed by atoms with Crippen LogP contribution in [-0.4, -0.2) is 19.5 Å². The van der Waals surface area contributed by atoms with E-state index in [1.54, 1.807) is 6.08 Å². The van der Waals surface area contributed by atoms with Crippen LogP contribution in [0.25, 0.3) is 88.9 Å². The Kier molecular flexibility index (Phi) is 7.44. The van der Waals surface area contributed by atoms with Gasteiger partial charge in [0.05, 0.1) is 11.0 Å². The van der Waals surface area contributed by atoms with Crippen molar-refractivity contribution in [3.05, 3.63) is 176 Å². The summed E-state index contributed by atoms with van der Waals surface area (Å²) >= 11 is 0. The molecule has 51 heavy (non-hydrogen) atoms. The van der Waals surface area contributed by atoms with Gasteiger partial charge in [-0.3, -0.25) is 4.57 Å². The Morgan fingerprint density at radius 2 is 1.31 bits per heavy atom. The van der Waals surface area contributed by atoms with Gasteiger partial charge in [0.1, 0.15) is 11.2 Å². The van der Waals surface area contributed by atoms with Crippen LogP contribution in [0.1, 0.15) is 12.7 Å². The van der Waals surface area contributed by atoms with Crippen LogP contribution >= 0.6 is 0 Å². The molecule has 0 unspecified atom stereocenters. The third-order valence-corrected chi connectivity index (χ3v) is 9.43. The first-order valence-corrected chi connectivity index (χ1v) is 17.0. The van der Waals surface area contributed by atoms with Crippen molar-refractivity contribution in [3.8, 4) is 39.6 Å².